The maximum Gasteiger partial charge on any atom is 0.375 e. The fraction of sp³-hybridized carbons (Fsp3) is 0.250. The number of halogens is 1. The molecule has 0 bridgehead atoms. The van der Waals surface area contributed by atoms with Gasteiger partial charge in [-0.3, -0.25) is 34.4 Å². The molecule has 20 heteroatoms. The van der Waals surface area contributed by atoms with Gasteiger partial charge in [-0.2, -0.15) is 0 Å². The van der Waals surface area contributed by atoms with E-state index >= 15 is 0 Å². The highest BCUT2D eigenvalue weighted by molar-refractivity contribution is 6.02. The summed E-state index contributed by atoms with van der Waals surface area (Å²) in [5.41, 5.74) is 7.85. The number of nitrogens with one attached hydrogen (secondary N) is 3. The van der Waals surface area contributed by atoms with Gasteiger partial charge in [-0.05, 0) is 49.2 Å². The fourth-order valence-corrected chi connectivity index (χ4v) is 5.95. The molecule has 4 aromatic heterocycles. The molecule has 6 aromatic rings. The zero-order valence-electron chi connectivity index (χ0n) is 32.9. The first-order valence-electron chi connectivity index (χ1n) is 18.4. The summed E-state index contributed by atoms with van der Waals surface area (Å²) >= 11 is 0. The lowest BCUT2D eigenvalue weighted by Crippen LogP contribution is -2.53. The van der Waals surface area contributed by atoms with Gasteiger partial charge in [0.2, 0.25) is 11.7 Å². The largest absolute Gasteiger partial charge is 0.485 e. The van der Waals surface area contributed by atoms with Gasteiger partial charge >= 0.3 is 5.97 Å². The Morgan fingerprint density at radius 1 is 0.717 bits per heavy atom. The van der Waals surface area contributed by atoms with Crippen LogP contribution in [0.3, 0.4) is 0 Å². The first kappa shape index (κ1) is 43.9. The molecule has 3 amide bonds. The molecule has 0 aliphatic carbocycles. The van der Waals surface area contributed by atoms with Crippen molar-refractivity contribution < 1.29 is 33.8 Å². The first-order chi connectivity index (χ1) is 28.4. The number of H-pyrrole nitrogens is 2. The Morgan fingerprint density at radius 3 is 1.68 bits per heavy atom. The lowest BCUT2D eigenvalue weighted by atomic mass is 10.1. The number of pyridine rings is 2. The Hall–Kier alpha value is -7.25. The van der Waals surface area contributed by atoms with Crippen molar-refractivity contribution in [3.05, 3.63) is 132 Å². The van der Waals surface area contributed by atoms with E-state index in [4.69, 9.17) is 20.3 Å². The second-order valence-electron chi connectivity index (χ2n) is 13.4. The molecule has 0 saturated carbocycles. The Bertz CT molecular complexity index is 2400. The normalized spacial score (nSPS) is 17.9. The van der Waals surface area contributed by atoms with Crippen LogP contribution in [0.25, 0.3) is 0 Å². The smallest absolute Gasteiger partial charge is 0.375 e. The van der Waals surface area contributed by atoms with Crippen LogP contribution in [0.15, 0.2) is 97.3 Å². The zero-order valence-corrected chi connectivity index (χ0v) is 33.7. The molecule has 4 atom stereocenters. The van der Waals surface area contributed by atoms with E-state index < -0.39 is 30.1 Å². The maximum atomic E-state index is 12.9. The zero-order chi connectivity index (χ0) is 42.1. The van der Waals surface area contributed by atoms with Crippen LogP contribution < -0.4 is 30.3 Å². The van der Waals surface area contributed by atoms with Crippen molar-refractivity contribution in [1.82, 2.24) is 45.6 Å². The molecule has 6 N–H and O–H groups in total. The number of fused-ring (bicyclic) bond motifs is 2. The number of anilines is 2. The molecule has 19 nitrogen and oxygen atoms in total. The number of carboxylic acids is 1. The minimum absolute atomic E-state index is 0. The second kappa shape index (κ2) is 19.9. The van der Waals surface area contributed by atoms with Crippen LogP contribution in [0.5, 0.6) is 11.5 Å². The third-order valence-corrected chi connectivity index (χ3v) is 9.12. The van der Waals surface area contributed by atoms with Gasteiger partial charge in [0, 0.05) is 39.3 Å². The average molecular weight is 839 g/mol. The summed E-state index contributed by atoms with van der Waals surface area (Å²) in [7, 11) is 3.24. The van der Waals surface area contributed by atoms with E-state index in [-0.39, 0.29) is 42.0 Å². The quantitative estimate of drug-likeness (QED) is 0.155. The molecule has 6 heterocycles. The topological polar surface area (TPSA) is 260 Å². The monoisotopic (exact) mass is 838 g/mol. The van der Waals surface area contributed by atoms with Gasteiger partial charge in [0.25, 0.3) is 17.6 Å². The number of aromatic amines is 2. The number of aromatic carboxylic acids is 1. The minimum atomic E-state index is -1.12. The molecule has 0 fully saturated rings. The van der Waals surface area contributed by atoms with Gasteiger partial charge in [0.05, 0.1) is 0 Å². The van der Waals surface area contributed by atoms with Crippen LogP contribution in [0, 0.1) is 0 Å². The molecular formula is C40H43ClN12O7. The predicted octanol–water partition coefficient (Wildman–Crippen LogP) is 3.00. The van der Waals surface area contributed by atoms with Crippen molar-refractivity contribution >= 4 is 47.7 Å². The number of carbonyl (C=O) groups excluding carboxylic acids is 3. The van der Waals surface area contributed by atoms with Crippen molar-refractivity contribution in [2.45, 2.75) is 51.0 Å². The SMILES string of the molecule is C[C@@H]1Oc2cccnc2N(C)C(=O)[C@H]1N.C[C@@H]1Oc2cccnc2N(C)C(=O)[C@H]1NC(=O)c1n[nH]c(Cc2ccccc2)n1.Cl.O=C(O)c1n[nH]c(Cc2ccccc2)n1. The number of hydrogen-bond donors (Lipinski definition) is 5. The van der Waals surface area contributed by atoms with Crippen LogP contribution in [0.4, 0.5) is 11.6 Å². The molecule has 0 unspecified atom stereocenters. The Labute approximate surface area is 350 Å². The predicted molar refractivity (Wildman–Crippen MR) is 220 cm³/mol. The highest BCUT2D eigenvalue weighted by Gasteiger charge is 2.37. The molecule has 0 spiro atoms. The van der Waals surface area contributed by atoms with E-state index in [0.717, 1.165) is 11.1 Å². The molecular weight excluding hydrogens is 796 g/mol. The third-order valence-electron chi connectivity index (χ3n) is 9.12. The van der Waals surface area contributed by atoms with Gasteiger partial charge in [-0.1, -0.05) is 60.7 Å². The molecule has 0 radical (unpaired) electrons. The fourth-order valence-electron chi connectivity index (χ4n) is 5.95. The summed E-state index contributed by atoms with van der Waals surface area (Å²) in [6, 6.07) is 24.8. The third kappa shape index (κ3) is 10.6. The molecule has 0 saturated heterocycles. The number of likely N-dealkylation sites (N-methyl/N-ethyl adjacent to an activating group) is 2. The van der Waals surface area contributed by atoms with Gasteiger partial charge in [-0.25, -0.2) is 24.7 Å². The number of nitrogens with zero attached hydrogens (tertiary/aromatic N) is 8. The molecule has 2 aliphatic rings. The van der Waals surface area contributed by atoms with Crippen molar-refractivity contribution in [1.29, 1.82) is 0 Å². The van der Waals surface area contributed by atoms with Gasteiger partial charge in [0.15, 0.2) is 23.1 Å². The first-order valence-corrected chi connectivity index (χ1v) is 18.4. The van der Waals surface area contributed by atoms with Crippen molar-refractivity contribution in [2.24, 2.45) is 5.73 Å². The summed E-state index contributed by atoms with van der Waals surface area (Å²) < 4.78 is 11.4. The maximum absolute atomic E-state index is 12.9. The highest BCUT2D eigenvalue weighted by Crippen LogP contribution is 2.30. The van der Waals surface area contributed by atoms with E-state index in [1.807, 2.05) is 60.7 Å². The number of ether oxygens (including phenoxy) is 2. The highest BCUT2D eigenvalue weighted by atomic mass is 35.5. The summed E-state index contributed by atoms with van der Waals surface area (Å²) in [5.74, 6) is 0.705. The lowest BCUT2D eigenvalue weighted by Gasteiger charge is -2.22. The van der Waals surface area contributed by atoms with E-state index in [2.05, 4.69) is 45.6 Å². The van der Waals surface area contributed by atoms with Crippen molar-refractivity contribution in [3.8, 4) is 11.5 Å². The van der Waals surface area contributed by atoms with Gasteiger partial charge < -0.3 is 25.6 Å². The summed E-state index contributed by atoms with van der Waals surface area (Å²) in [4.78, 5) is 67.1. The number of carbonyl (C=O) groups is 4. The van der Waals surface area contributed by atoms with E-state index in [1.54, 1.807) is 64.6 Å². The number of aromatic nitrogens is 8. The van der Waals surface area contributed by atoms with Crippen molar-refractivity contribution in [2.75, 3.05) is 23.9 Å². The number of amides is 3. The minimum Gasteiger partial charge on any atom is -0.485 e. The van der Waals surface area contributed by atoms with Crippen LogP contribution >= 0.6 is 12.4 Å². The van der Waals surface area contributed by atoms with Gasteiger partial charge in [-0.15, -0.1) is 22.6 Å². The summed E-state index contributed by atoms with van der Waals surface area (Å²) in [6.07, 6.45) is 3.34. The number of nitrogens with two attached hydrogens (primary N) is 1. The molecule has 60 heavy (non-hydrogen) atoms. The molecule has 312 valence electrons. The van der Waals surface area contributed by atoms with E-state index in [1.165, 1.54) is 9.80 Å². The number of benzene rings is 2. The van der Waals surface area contributed by atoms with Crippen LogP contribution in [0.2, 0.25) is 0 Å². The van der Waals surface area contributed by atoms with Crippen molar-refractivity contribution in [3.63, 3.8) is 0 Å². The van der Waals surface area contributed by atoms with Crippen LogP contribution in [-0.2, 0) is 22.4 Å². The Balaban J connectivity index is 0.000000186. The standard InChI is InChI=1S/C20H20N6O3.C10H13N3O2.C10H9N3O2.ClH/c1-12-16(20(28)26(2)18-14(29-12)9-6-10-21-18)23-19(27)17-22-15(24-25-17)11-13-7-4-3-5-8-13;1-6-8(11)10(14)13(2)9-7(15-6)4-3-5-12-9;14-10(15)9-11-8(12-13-9)6-7-4-2-1-3-5-7;/h3-10,12,16H,11H2,1-2H3,(H,23,27)(H,22,24,25);3-6,8H,11H2,1-2H3;1-5H,6H2,(H,14,15)(H,11,12,13);1H/t12-,16-;6-,8-;;/m00../s1. The lowest BCUT2D eigenvalue weighted by molar-refractivity contribution is -0.122. The number of hydrogen-bond acceptors (Lipinski definition) is 13. The number of carboxylic acid groups (broad SMARTS) is 1. The van der Waals surface area contributed by atoms with E-state index in [9.17, 15) is 19.2 Å². The van der Waals surface area contributed by atoms with Crippen LogP contribution in [0.1, 0.15) is 57.9 Å². The second-order valence-corrected chi connectivity index (χ2v) is 13.4. The van der Waals surface area contributed by atoms with Gasteiger partial charge in [0.1, 0.15) is 35.9 Å². The summed E-state index contributed by atoms with van der Waals surface area (Å²) in [5, 5.41) is 24.2. The summed E-state index contributed by atoms with van der Waals surface area (Å²) in [6.45, 7) is 3.50. The molecule has 8 rings (SSSR count). The van der Waals surface area contributed by atoms with E-state index in [0.29, 0.717) is 47.6 Å². The molecule has 2 aliphatic heterocycles. The van der Waals surface area contributed by atoms with Crippen LogP contribution in [-0.4, -0.2) is 108 Å². The Kier molecular flexibility index (Phi) is 14.6. The number of rotatable bonds is 7. The Morgan fingerprint density at radius 2 is 1.18 bits per heavy atom. The molecule has 2 aromatic carbocycles. The average Bonchev–Trinajstić information content (AvgIpc) is 3.90.